The van der Waals surface area contributed by atoms with Gasteiger partial charge in [0.2, 0.25) is 5.91 Å². The van der Waals surface area contributed by atoms with Gasteiger partial charge in [-0.25, -0.2) is 4.79 Å². The Balaban J connectivity index is 1.10. The summed E-state index contributed by atoms with van der Waals surface area (Å²) in [5, 5.41) is 9.36. The standard InChI is InChI=1S/C26H37N3O4/c1-16(2)24(20-3-4-21-22(12-20)33-8-7-32-21)28-23(30)5-6-27-25(31)29-26-13-17-9-18(14-26)11-19(10-17)15-26/h3-4,12,16-19,24H,5-11,13-15H2,1-2H3,(H,28,30)(H2,27,29,31)/t17?,18?,19?,24-,26?/m1/s1. The molecule has 4 saturated carbocycles. The van der Waals surface area contributed by atoms with Crippen LogP contribution in [0.5, 0.6) is 11.5 Å². The summed E-state index contributed by atoms with van der Waals surface area (Å²) in [6.07, 6.45) is 7.67. The van der Waals surface area contributed by atoms with E-state index in [1.54, 1.807) is 0 Å². The minimum absolute atomic E-state index is 0.0118. The summed E-state index contributed by atoms with van der Waals surface area (Å²) in [7, 11) is 0. The van der Waals surface area contributed by atoms with E-state index in [-0.39, 0.29) is 35.9 Å². The molecular weight excluding hydrogens is 418 g/mol. The van der Waals surface area contributed by atoms with Gasteiger partial charge in [0.25, 0.3) is 0 Å². The normalized spacial score (nSPS) is 30.1. The van der Waals surface area contributed by atoms with Crippen LogP contribution in [0.2, 0.25) is 0 Å². The van der Waals surface area contributed by atoms with Gasteiger partial charge in [0.1, 0.15) is 13.2 Å². The Morgan fingerprint density at radius 2 is 1.64 bits per heavy atom. The molecule has 3 N–H and O–H groups in total. The Labute approximate surface area is 196 Å². The first kappa shape index (κ1) is 22.4. The van der Waals surface area contributed by atoms with Gasteiger partial charge in [0, 0.05) is 18.5 Å². The molecule has 1 aromatic rings. The maximum Gasteiger partial charge on any atom is 0.315 e. The van der Waals surface area contributed by atoms with Crippen molar-refractivity contribution in [2.24, 2.45) is 23.7 Å². The molecule has 7 nitrogen and oxygen atoms in total. The van der Waals surface area contributed by atoms with Crippen LogP contribution in [0.3, 0.4) is 0 Å². The Morgan fingerprint density at radius 3 is 2.27 bits per heavy atom. The number of nitrogens with one attached hydrogen (secondary N) is 3. The van der Waals surface area contributed by atoms with Gasteiger partial charge in [0.15, 0.2) is 11.5 Å². The molecule has 0 unspecified atom stereocenters. The molecule has 7 heteroatoms. The van der Waals surface area contributed by atoms with Gasteiger partial charge in [0.05, 0.1) is 6.04 Å². The van der Waals surface area contributed by atoms with E-state index in [1.807, 2.05) is 18.2 Å². The van der Waals surface area contributed by atoms with Gasteiger partial charge >= 0.3 is 6.03 Å². The summed E-state index contributed by atoms with van der Waals surface area (Å²) in [6.45, 7) is 5.58. The molecule has 33 heavy (non-hydrogen) atoms. The average molecular weight is 456 g/mol. The molecule has 1 aromatic carbocycles. The fourth-order valence-electron chi connectivity index (χ4n) is 6.97. The summed E-state index contributed by atoms with van der Waals surface area (Å²) >= 11 is 0. The largest absolute Gasteiger partial charge is 0.486 e. The van der Waals surface area contributed by atoms with Crippen molar-refractivity contribution in [3.8, 4) is 11.5 Å². The van der Waals surface area contributed by atoms with Crippen LogP contribution >= 0.6 is 0 Å². The first-order chi connectivity index (χ1) is 15.9. The molecule has 6 rings (SSSR count). The Morgan fingerprint density at radius 1 is 1.00 bits per heavy atom. The molecule has 0 saturated heterocycles. The molecule has 180 valence electrons. The molecule has 1 atom stereocenters. The van der Waals surface area contributed by atoms with E-state index >= 15 is 0 Å². The quantitative estimate of drug-likeness (QED) is 0.581. The molecule has 0 aromatic heterocycles. The number of carbonyl (C=O) groups is 2. The number of hydrogen-bond donors (Lipinski definition) is 3. The van der Waals surface area contributed by atoms with Crippen molar-refractivity contribution in [2.45, 2.75) is 70.4 Å². The van der Waals surface area contributed by atoms with Crippen LogP contribution in [-0.4, -0.2) is 37.2 Å². The number of amides is 3. The second-order valence-electron chi connectivity index (χ2n) is 11.0. The summed E-state index contributed by atoms with van der Waals surface area (Å²) in [4.78, 5) is 25.3. The van der Waals surface area contributed by atoms with E-state index in [0.29, 0.717) is 19.8 Å². The molecule has 0 radical (unpaired) electrons. The summed E-state index contributed by atoms with van der Waals surface area (Å²) in [5.74, 6) is 3.97. The van der Waals surface area contributed by atoms with Gasteiger partial charge in [-0.3, -0.25) is 4.79 Å². The topological polar surface area (TPSA) is 88.7 Å². The van der Waals surface area contributed by atoms with Crippen LogP contribution < -0.4 is 25.4 Å². The smallest absolute Gasteiger partial charge is 0.315 e. The predicted octanol–water partition coefficient (Wildman–Crippen LogP) is 3.93. The molecule has 0 spiro atoms. The predicted molar refractivity (Wildman–Crippen MR) is 125 cm³/mol. The van der Waals surface area contributed by atoms with Crippen molar-refractivity contribution in [1.82, 2.24) is 16.0 Å². The second kappa shape index (κ2) is 9.07. The highest BCUT2D eigenvalue weighted by molar-refractivity contribution is 5.79. The molecule has 5 aliphatic rings. The molecule has 1 heterocycles. The van der Waals surface area contributed by atoms with Gasteiger partial charge in [-0.1, -0.05) is 19.9 Å². The van der Waals surface area contributed by atoms with Crippen LogP contribution in [0, 0.1) is 23.7 Å². The lowest BCUT2D eigenvalue weighted by Gasteiger charge is -2.56. The van der Waals surface area contributed by atoms with E-state index in [0.717, 1.165) is 54.1 Å². The van der Waals surface area contributed by atoms with E-state index in [4.69, 9.17) is 9.47 Å². The van der Waals surface area contributed by atoms with Crippen LogP contribution in [0.4, 0.5) is 4.79 Å². The number of ether oxygens (including phenoxy) is 2. The number of rotatable bonds is 7. The van der Waals surface area contributed by atoms with Crippen LogP contribution in [0.25, 0.3) is 0 Å². The number of fused-ring (bicyclic) bond motifs is 1. The SMILES string of the molecule is CC(C)[C@@H](NC(=O)CCNC(=O)NC12CC3CC(CC(C3)C1)C2)c1ccc2c(c1)OCCO2. The van der Waals surface area contributed by atoms with Crippen molar-refractivity contribution in [2.75, 3.05) is 19.8 Å². The highest BCUT2D eigenvalue weighted by Gasteiger charge is 2.51. The van der Waals surface area contributed by atoms with E-state index in [1.165, 1.54) is 19.3 Å². The monoisotopic (exact) mass is 455 g/mol. The van der Waals surface area contributed by atoms with Crippen molar-refractivity contribution >= 4 is 11.9 Å². The Bertz CT molecular complexity index is 864. The third-order valence-corrected chi connectivity index (χ3v) is 7.96. The van der Waals surface area contributed by atoms with Crippen LogP contribution in [0.15, 0.2) is 18.2 Å². The van der Waals surface area contributed by atoms with E-state index in [2.05, 4.69) is 29.8 Å². The van der Waals surface area contributed by atoms with E-state index < -0.39 is 0 Å². The zero-order valence-electron chi connectivity index (χ0n) is 19.8. The third-order valence-electron chi connectivity index (χ3n) is 7.96. The Hall–Kier alpha value is -2.44. The maximum atomic E-state index is 12.7. The third kappa shape index (κ3) is 4.92. The lowest BCUT2D eigenvalue weighted by Crippen LogP contribution is -2.61. The first-order valence-corrected chi connectivity index (χ1v) is 12.6. The molecule has 4 bridgehead atoms. The number of hydrogen-bond acceptors (Lipinski definition) is 4. The second-order valence-corrected chi connectivity index (χ2v) is 11.0. The molecule has 4 aliphatic carbocycles. The van der Waals surface area contributed by atoms with Gasteiger partial charge < -0.3 is 25.4 Å². The van der Waals surface area contributed by atoms with Crippen molar-refractivity contribution in [3.05, 3.63) is 23.8 Å². The lowest BCUT2D eigenvalue weighted by atomic mass is 9.53. The van der Waals surface area contributed by atoms with Crippen molar-refractivity contribution in [1.29, 1.82) is 0 Å². The molecule has 4 fully saturated rings. The molecule has 3 amide bonds. The highest BCUT2D eigenvalue weighted by Crippen LogP contribution is 2.55. The van der Waals surface area contributed by atoms with Crippen LogP contribution in [-0.2, 0) is 4.79 Å². The minimum Gasteiger partial charge on any atom is -0.486 e. The minimum atomic E-state index is -0.130. The highest BCUT2D eigenvalue weighted by atomic mass is 16.6. The van der Waals surface area contributed by atoms with Gasteiger partial charge in [-0.2, -0.15) is 0 Å². The fraction of sp³-hybridized carbons (Fsp3) is 0.692. The average Bonchev–Trinajstić information content (AvgIpc) is 2.75. The Kier molecular flexibility index (Phi) is 6.14. The van der Waals surface area contributed by atoms with Crippen molar-refractivity contribution in [3.63, 3.8) is 0 Å². The summed E-state index contributed by atoms with van der Waals surface area (Å²) in [5.41, 5.74) is 0.984. The summed E-state index contributed by atoms with van der Waals surface area (Å²) in [6, 6.07) is 5.58. The molecular formula is C26H37N3O4. The number of urea groups is 1. The fourth-order valence-corrected chi connectivity index (χ4v) is 6.97. The zero-order valence-corrected chi connectivity index (χ0v) is 19.8. The molecule has 1 aliphatic heterocycles. The van der Waals surface area contributed by atoms with Gasteiger partial charge in [-0.05, 0) is 79.9 Å². The lowest BCUT2D eigenvalue weighted by molar-refractivity contribution is -0.122. The first-order valence-electron chi connectivity index (χ1n) is 12.6. The maximum absolute atomic E-state index is 12.7. The zero-order chi connectivity index (χ0) is 23.0. The van der Waals surface area contributed by atoms with Crippen LogP contribution in [0.1, 0.15) is 70.4 Å². The number of carbonyl (C=O) groups excluding carboxylic acids is 2. The van der Waals surface area contributed by atoms with Crippen molar-refractivity contribution < 1.29 is 19.1 Å². The van der Waals surface area contributed by atoms with E-state index in [9.17, 15) is 9.59 Å². The number of benzene rings is 1. The summed E-state index contributed by atoms with van der Waals surface area (Å²) < 4.78 is 11.3. The van der Waals surface area contributed by atoms with Gasteiger partial charge in [-0.15, -0.1) is 0 Å².